The molecule has 0 aliphatic rings. The molecule has 0 bridgehead atoms. The second-order valence-corrected chi connectivity index (χ2v) is 13.1. The minimum Gasteiger partial charge on any atom is -0.317 e. The van der Waals surface area contributed by atoms with Gasteiger partial charge in [-0.3, -0.25) is 4.57 Å². The predicted octanol–water partition coefficient (Wildman–Crippen LogP) is 12.2. The van der Waals surface area contributed by atoms with Crippen molar-refractivity contribution in [2.45, 2.75) is 0 Å². The molecule has 3 aromatic heterocycles. The molecule has 0 saturated heterocycles. The van der Waals surface area contributed by atoms with Crippen LogP contribution in [0.15, 0.2) is 194 Å². The lowest BCUT2D eigenvalue weighted by atomic mass is 10.0. The monoisotopic (exact) mass is 664 g/mol. The number of benzene rings is 7. The van der Waals surface area contributed by atoms with Gasteiger partial charge in [0.25, 0.3) is 0 Å². The molecule has 0 amide bonds. The fourth-order valence-corrected chi connectivity index (χ4v) is 7.39. The standard InChI is InChI=1S/C48H32N4/c1-3-11-33(12-4-1)35-19-23-37(24-20-35)43-32-44(38-25-21-36(22-26-38)34-13-5-2-6-14-34)50-48(49-43)52-46-18-10-8-16-41(46)42-31-40(27-28-47(42)52)51-30-29-39-15-7-9-17-45(39)51/h1-32H. The van der Waals surface area contributed by atoms with Crippen LogP contribution < -0.4 is 0 Å². The summed E-state index contributed by atoms with van der Waals surface area (Å²) in [6.07, 6.45) is 2.15. The van der Waals surface area contributed by atoms with E-state index in [4.69, 9.17) is 9.97 Å². The number of nitrogens with zero attached hydrogens (tertiary/aromatic N) is 4. The van der Waals surface area contributed by atoms with Crippen LogP contribution in [-0.4, -0.2) is 19.1 Å². The first kappa shape index (κ1) is 29.8. The Balaban J connectivity index is 1.15. The van der Waals surface area contributed by atoms with E-state index in [0.717, 1.165) is 50.0 Å². The molecule has 10 aromatic rings. The molecule has 52 heavy (non-hydrogen) atoms. The fraction of sp³-hybridized carbons (Fsp3) is 0. The predicted molar refractivity (Wildman–Crippen MR) is 215 cm³/mol. The Morgan fingerprint density at radius 2 is 0.846 bits per heavy atom. The molecule has 0 aliphatic heterocycles. The maximum absolute atomic E-state index is 5.30. The molecule has 4 heteroatoms. The smallest absolute Gasteiger partial charge is 0.235 e. The van der Waals surface area contributed by atoms with E-state index in [-0.39, 0.29) is 0 Å². The van der Waals surface area contributed by atoms with Crippen LogP contribution >= 0.6 is 0 Å². The van der Waals surface area contributed by atoms with Crippen molar-refractivity contribution in [3.05, 3.63) is 194 Å². The van der Waals surface area contributed by atoms with E-state index in [9.17, 15) is 0 Å². The van der Waals surface area contributed by atoms with Gasteiger partial charge in [-0.1, -0.05) is 146 Å². The van der Waals surface area contributed by atoms with Crippen molar-refractivity contribution in [1.82, 2.24) is 19.1 Å². The molecule has 0 saturated carbocycles. The van der Waals surface area contributed by atoms with E-state index in [2.05, 4.69) is 191 Å². The van der Waals surface area contributed by atoms with Gasteiger partial charge in [0, 0.05) is 33.8 Å². The third-order valence-electron chi connectivity index (χ3n) is 10.0. The van der Waals surface area contributed by atoms with Crippen molar-refractivity contribution in [2.75, 3.05) is 0 Å². The molecule has 10 rings (SSSR count). The van der Waals surface area contributed by atoms with E-state index in [1.807, 2.05) is 12.1 Å². The van der Waals surface area contributed by atoms with Crippen LogP contribution in [0, 0.1) is 0 Å². The summed E-state index contributed by atoms with van der Waals surface area (Å²) < 4.78 is 4.47. The lowest BCUT2D eigenvalue weighted by Crippen LogP contribution is -2.04. The highest BCUT2D eigenvalue weighted by molar-refractivity contribution is 6.09. The van der Waals surface area contributed by atoms with Crippen molar-refractivity contribution in [2.24, 2.45) is 0 Å². The first-order valence-corrected chi connectivity index (χ1v) is 17.6. The van der Waals surface area contributed by atoms with Crippen molar-refractivity contribution >= 4 is 32.7 Å². The van der Waals surface area contributed by atoms with Crippen molar-refractivity contribution in [3.8, 4) is 56.4 Å². The van der Waals surface area contributed by atoms with Crippen LogP contribution in [-0.2, 0) is 0 Å². The van der Waals surface area contributed by atoms with Gasteiger partial charge in [0.1, 0.15) is 0 Å². The number of rotatable bonds is 6. The average Bonchev–Trinajstić information content (AvgIpc) is 3.81. The summed E-state index contributed by atoms with van der Waals surface area (Å²) in [5.41, 5.74) is 12.9. The molecule has 0 unspecified atom stereocenters. The zero-order valence-corrected chi connectivity index (χ0v) is 28.3. The normalized spacial score (nSPS) is 11.5. The maximum Gasteiger partial charge on any atom is 0.235 e. The molecular weight excluding hydrogens is 633 g/mol. The summed E-state index contributed by atoms with van der Waals surface area (Å²) in [5, 5.41) is 3.53. The van der Waals surface area contributed by atoms with Crippen LogP contribution in [0.5, 0.6) is 0 Å². The molecule has 0 radical (unpaired) electrons. The second-order valence-electron chi connectivity index (χ2n) is 13.1. The van der Waals surface area contributed by atoms with Gasteiger partial charge in [-0.2, -0.15) is 0 Å². The number of aromatic nitrogens is 4. The fourth-order valence-electron chi connectivity index (χ4n) is 7.39. The Bertz CT molecular complexity index is 2760. The van der Waals surface area contributed by atoms with Gasteiger partial charge < -0.3 is 4.57 Å². The van der Waals surface area contributed by atoms with Crippen LogP contribution in [0.1, 0.15) is 0 Å². The van der Waals surface area contributed by atoms with Crippen LogP contribution in [0.3, 0.4) is 0 Å². The number of fused-ring (bicyclic) bond motifs is 4. The SMILES string of the molecule is c1ccc(-c2ccc(-c3cc(-c4ccc(-c5ccccc5)cc4)nc(-n4c5ccccc5c5cc(-n6ccc7ccccc76)ccc54)n3)cc2)cc1. The first-order chi connectivity index (χ1) is 25.8. The van der Waals surface area contributed by atoms with E-state index in [1.165, 1.54) is 33.2 Å². The highest BCUT2D eigenvalue weighted by Crippen LogP contribution is 2.35. The zero-order valence-electron chi connectivity index (χ0n) is 28.3. The van der Waals surface area contributed by atoms with Crippen molar-refractivity contribution in [3.63, 3.8) is 0 Å². The summed E-state index contributed by atoms with van der Waals surface area (Å²) in [6.45, 7) is 0. The largest absolute Gasteiger partial charge is 0.317 e. The Hall–Kier alpha value is -7.04. The van der Waals surface area contributed by atoms with Gasteiger partial charge in [-0.25, -0.2) is 9.97 Å². The molecule has 3 heterocycles. The summed E-state index contributed by atoms with van der Waals surface area (Å²) in [5.74, 6) is 0.636. The molecular formula is C48H32N4. The van der Waals surface area contributed by atoms with E-state index >= 15 is 0 Å². The molecule has 4 nitrogen and oxygen atoms in total. The van der Waals surface area contributed by atoms with Gasteiger partial charge in [0.05, 0.1) is 27.9 Å². The minimum absolute atomic E-state index is 0.636. The molecule has 0 fully saturated rings. The Morgan fingerprint density at radius 1 is 0.346 bits per heavy atom. The number of hydrogen-bond donors (Lipinski definition) is 0. The van der Waals surface area contributed by atoms with Gasteiger partial charge in [-0.15, -0.1) is 0 Å². The molecule has 0 aliphatic carbocycles. The zero-order chi connectivity index (χ0) is 34.4. The lowest BCUT2D eigenvalue weighted by Gasteiger charge is -2.13. The molecule has 0 atom stereocenters. The highest BCUT2D eigenvalue weighted by atomic mass is 15.2. The summed E-state index contributed by atoms with van der Waals surface area (Å²) in [7, 11) is 0. The molecule has 244 valence electrons. The van der Waals surface area contributed by atoms with E-state index in [0.29, 0.717) is 5.95 Å². The van der Waals surface area contributed by atoms with Gasteiger partial charge in [0.2, 0.25) is 5.95 Å². The van der Waals surface area contributed by atoms with Crippen LogP contribution in [0.25, 0.3) is 89.1 Å². The van der Waals surface area contributed by atoms with Gasteiger partial charge >= 0.3 is 0 Å². The molecule has 7 aromatic carbocycles. The van der Waals surface area contributed by atoms with E-state index < -0.39 is 0 Å². The average molecular weight is 665 g/mol. The third kappa shape index (κ3) is 5.17. The van der Waals surface area contributed by atoms with Crippen molar-refractivity contribution < 1.29 is 0 Å². The van der Waals surface area contributed by atoms with Gasteiger partial charge in [-0.05, 0) is 70.1 Å². The Labute approximate surface area is 301 Å². The van der Waals surface area contributed by atoms with Crippen molar-refractivity contribution in [1.29, 1.82) is 0 Å². The summed E-state index contributed by atoms with van der Waals surface area (Å²) in [4.78, 5) is 10.6. The second kappa shape index (κ2) is 12.4. The lowest BCUT2D eigenvalue weighted by molar-refractivity contribution is 0.995. The highest BCUT2D eigenvalue weighted by Gasteiger charge is 2.18. The Morgan fingerprint density at radius 3 is 1.48 bits per heavy atom. The third-order valence-corrected chi connectivity index (χ3v) is 10.0. The molecule has 0 N–H and O–H groups in total. The molecule has 0 spiro atoms. The van der Waals surface area contributed by atoms with Crippen LogP contribution in [0.2, 0.25) is 0 Å². The number of hydrogen-bond acceptors (Lipinski definition) is 2. The number of para-hydroxylation sites is 2. The topological polar surface area (TPSA) is 35.6 Å². The first-order valence-electron chi connectivity index (χ1n) is 17.6. The minimum atomic E-state index is 0.636. The summed E-state index contributed by atoms with van der Waals surface area (Å²) in [6, 6.07) is 66.3. The van der Waals surface area contributed by atoms with Gasteiger partial charge in [0.15, 0.2) is 0 Å². The maximum atomic E-state index is 5.30. The Kier molecular flexibility index (Phi) is 7.10. The van der Waals surface area contributed by atoms with E-state index in [1.54, 1.807) is 0 Å². The van der Waals surface area contributed by atoms with Crippen LogP contribution in [0.4, 0.5) is 0 Å². The summed E-state index contributed by atoms with van der Waals surface area (Å²) >= 11 is 0. The quantitative estimate of drug-likeness (QED) is 0.177.